The number of unbranched alkanes of at least 4 members (excludes halogenated alkanes) is 1. The predicted molar refractivity (Wildman–Crippen MR) is 145 cm³/mol. The molecule has 0 spiro atoms. The molecule has 0 aliphatic heterocycles. The van der Waals surface area contributed by atoms with Gasteiger partial charge in [0.25, 0.3) is 5.91 Å². The van der Waals surface area contributed by atoms with E-state index in [-0.39, 0.29) is 23.4 Å². The van der Waals surface area contributed by atoms with Crippen LogP contribution in [0.5, 0.6) is 5.75 Å². The van der Waals surface area contributed by atoms with Gasteiger partial charge in [-0.3, -0.25) is 9.59 Å². The van der Waals surface area contributed by atoms with Gasteiger partial charge in [0.1, 0.15) is 11.6 Å². The number of nitrogens with zero attached hydrogens (tertiary/aromatic N) is 1. The molecule has 0 bridgehead atoms. The van der Waals surface area contributed by atoms with Crippen molar-refractivity contribution in [1.82, 2.24) is 0 Å². The maximum Gasteiger partial charge on any atom is 0.416 e. The van der Waals surface area contributed by atoms with Crippen LogP contribution in [-0.2, 0) is 11.0 Å². The predicted octanol–water partition coefficient (Wildman–Crippen LogP) is 7.78. The average molecular weight is 547 g/mol. The van der Waals surface area contributed by atoms with E-state index in [1.165, 1.54) is 17.0 Å². The summed E-state index contributed by atoms with van der Waals surface area (Å²) in [5, 5.41) is 2.87. The number of alkyl halides is 4. The SMILES string of the molecule is CCCCOc1ccc(NC(=O)c2ccccc2-c2ccc(C(F)(F)F)cc2)c(N(C(=O)CCl)C(C)C)c1. The molecular weight excluding hydrogens is 517 g/mol. The Labute approximate surface area is 225 Å². The molecule has 0 heterocycles. The van der Waals surface area contributed by atoms with Gasteiger partial charge in [0.05, 0.1) is 23.5 Å². The van der Waals surface area contributed by atoms with Crippen LogP contribution in [0.15, 0.2) is 66.7 Å². The number of ether oxygens (including phenoxy) is 1. The Kier molecular flexibility index (Phi) is 9.80. The molecule has 3 aromatic rings. The van der Waals surface area contributed by atoms with E-state index in [0.29, 0.717) is 34.9 Å². The van der Waals surface area contributed by atoms with Crippen LogP contribution < -0.4 is 15.0 Å². The Hall–Kier alpha value is -3.52. The smallest absolute Gasteiger partial charge is 0.416 e. The summed E-state index contributed by atoms with van der Waals surface area (Å²) in [5.41, 5.74) is 1.22. The molecule has 0 atom stereocenters. The highest BCUT2D eigenvalue weighted by Crippen LogP contribution is 2.35. The Morgan fingerprint density at radius 2 is 1.71 bits per heavy atom. The molecule has 0 saturated carbocycles. The van der Waals surface area contributed by atoms with E-state index in [1.807, 2.05) is 13.8 Å². The molecule has 0 aliphatic carbocycles. The standard InChI is InChI=1S/C29H30ClF3N2O3/c1-4-5-16-38-22-14-15-25(26(17-22)35(19(2)3)27(36)18-30)34-28(37)24-9-7-6-8-23(24)20-10-12-21(13-11-20)29(31,32)33/h6-15,17,19H,4-5,16,18H2,1-3H3,(H,34,37). The molecule has 0 unspecified atom stereocenters. The minimum Gasteiger partial charge on any atom is -0.494 e. The largest absolute Gasteiger partial charge is 0.494 e. The fraction of sp³-hybridized carbons (Fsp3) is 0.310. The summed E-state index contributed by atoms with van der Waals surface area (Å²) in [6, 6.07) is 16.1. The Morgan fingerprint density at radius 3 is 2.32 bits per heavy atom. The molecule has 0 radical (unpaired) electrons. The first-order valence-corrected chi connectivity index (χ1v) is 12.8. The zero-order valence-electron chi connectivity index (χ0n) is 21.4. The third kappa shape index (κ3) is 7.07. The molecule has 1 N–H and O–H groups in total. The summed E-state index contributed by atoms with van der Waals surface area (Å²) in [4.78, 5) is 27.7. The fourth-order valence-corrected chi connectivity index (χ4v) is 4.10. The third-order valence-electron chi connectivity index (χ3n) is 5.84. The molecule has 3 rings (SSSR count). The number of carbonyl (C=O) groups excluding carboxylic acids is 2. The van der Waals surface area contributed by atoms with Crippen LogP contribution in [0.3, 0.4) is 0 Å². The zero-order chi connectivity index (χ0) is 27.9. The second-order valence-corrected chi connectivity index (χ2v) is 9.21. The zero-order valence-corrected chi connectivity index (χ0v) is 22.2. The van der Waals surface area contributed by atoms with Gasteiger partial charge in [0.15, 0.2) is 0 Å². The number of carbonyl (C=O) groups is 2. The van der Waals surface area contributed by atoms with E-state index in [0.717, 1.165) is 25.0 Å². The van der Waals surface area contributed by atoms with E-state index >= 15 is 0 Å². The van der Waals surface area contributed by atoms with Crippen LogP contribution in [0.4, 0.5) is 24.5 Å². The van der Waals surface area contributed by atoms with Crippen molar-refractivity contribution in [2.24, 2.45) is 0 Å². The number of anilines is 2. The summed E-state index contributed by atoms with van der Waals surface area (Å²) in [5.74, 6) is -0.524. The lowest BCUT2D eigenvalue weighted by molar-refractivity contribution is -0.137. The van der Waals surface area contributed by atoms with Gasteiger partial charge in [0.2, 0.25) is 5.91 Å². The van der Waals surface area contributed by atoms with Crippen molar-refractivity contribution in [2.45, 2.75) is 45.8 Å². The first kappa shape index (κ1) is 29.0. The van der Waals surface area contributed by atoms with Crippen LogP contribution in [0.1, 0.15) is 49.5 Å². The van der Waals surface area contributed by atoms with E-state index in [1.54, 1.807) is 42.5 Å². The van der Waals surface area contributed by atoms with Crippen molar-refractivity contribution in [3.63, 3.8) is 0 Å². The first-order chi connectivity index (χ1) is 18.1. The molecule has 5 nitrogen and oxygen atoms in total. The monoisotopic (exact) mass is 546 g/mol. The number of rotatable bonds is 10. The fourth-order valence-electron chi connectivity index (χ4n) is 3.97. The molecule has 9 heteroatoms. The topological polar surface area (TPSA) is 58.6 Å². The van der Waals surface area contributed by atoms with Gasteiger partial charge in [-0.2, -0.15) is 13.2 Å². The summed E-state index contributed by atoms with van der Waals surface area (Å²) < 4.78 is 44.9. The second-order valence-electron chi connectivity index (χ2n) is 8.95. The van der Waals surface area contributed by atoms with Crippen molar-refractivity contribution in [3.8, 4) is 16.9 Å². The molecule has 202 valence electrons. The van der Waals surface area contributed by atoms with E-state index in [2.05, 4.69) is 12.2 Å². The lowest BCUT2D eigenvalue weighted by atomic mass is 9.98. The quantitative estimate of drug-likeness (QED) is 0.209. The van der Waals surface area contributed by atoms with Gasteiger partial charge in [-0.25, -0.2) is 0 Å². The van der Waals surface area contributed by atoms with Crippen LogP contribution in [0.2, 0.25) is 0 Å². The van der Waals surface area contributed by atoms with Gasteiger partial charge in [-0.05, 0) is 61.7 Å². The third-order valence-corrected chi connectivity index (χ3v) is 6.07. The van der Waals surface area contributed by atoms with E-state index in [4.69, 9.17) is 16.3 Å². The average Bonchev–Trinajstić information content (AvgIpc) is 2.89. The molecular formula is C29H30ClF3N2O3. The van der Waals surface area contributed by atoms with Crippen LogP contribution in [0.25, 0.3) is 11.1 Å². The summed E-state index contributed by atoms with van der Waals surface area (Å²) >= 11 is 5.88. The van der Waals surface area contributed by atoms with Gasteiger partial charge in [-0.15, -0.1) is 11.6 Å². The number of hydrogen-bond acceptors (Lipinski definition) is 3. The summed E-state index contributed by atoms with van der Waals surface area (Å²) in [7, 11) is 0. The summed E-state index contributed by atoms with van der Waals surface area (Å²) in [6.07, 6.45) is -2.63. The number of amides is 2. The molecule has 0 aromatic heterocycles. The lowest BCUT2D eigenvalue weighted by Gasteiger charge is -2.29. The van der Waals surface area contributed by atoms with Gasteiger partial charge >= 0.3 is 6.18 Å². The van der Waals surface area contributed by atoms with Gasteiger partial charge in [0, 0.05) is 17.7 Å². The molecule has 0 fully saturated rings. The number of nitrogens with one attached hydrogen (secondary N) is 1. The second kappa shape index (κ2) is 12.8. The Morgan fingerprint density at radius 1 is 1.03 bits per heavy atom. The molecule has 38 heavy (non-hydrogen) atoms. The molecule has 3 aromatic carbocycles. The highest BCUT2D eigenvalue weighted by Gasteiger charge is 2.30. The van der Waals surface area contributed by atoms with Crippen LogP contribution in [0, 0.1) is 0 Å². The van der Waals surface area contributed by atoms with Crippen molar-refractivity contribution < 1.29 is 27.5 Å². The molecule has 0 aliphatic rings. The normalized spacial score (nSPS) is 11.4. The maximum atomic E-state index is 13.5. The minimum atomic E-state index is -4.46. The Bertz CT molecular complexity index is 1260. The highest BCUT2D eigenvalue weighted by atomic mass is 35.5. The van der Waals surface area contributed by atoms with Crippen LogP contribution >= 0.6 is 11.6 Å². The van der Waals surface area contributed by atoms with E-state index in [9.17, 15) is 22.8 Å². The Balaban J connectivity index is 1.99. The number of hydrogen-bond donors (Lipinski definition) is 1. The van der Waals surface area contributed by atoms with Crippen molar-refractivity contribution in [1.29, 1.82) is 0 Å². The molecule has 2 amide bonds. The maximum absolute atomic E-state index is 13.5. The van der Waals surface area contributed by atoms with Gasteiger partial charge in [-0.1, -0.05) is 43.7 Å². The highest BCUT2D eigenvalue weighted by molar-refractivity contribution is 6.29. The van der Waals surface area contributed by atoms with Crippen LogP contribution in [-0.4, -0.2) is 30.3 Å². The number of halogens is 4. The lowest BCUT2D eigenvalue weighted by Crippen LogP contribution is -2.38. The summed E-state index contributed by atoms with van der Waals surface area (Å²) in [6.45, 7) is 6.23. The van der Waals surface area contributed by atoms with Crippen molar-refractivity contribution in [2.75, 3.05) is 22.7 Å². The van der Waals surface area contributed by atoms with Crippen molar-refractivity contribution in [3.05, 3.63) is 77.9 Å². The number of benzene rings is 3. The minimum absolute atomic E-state index is 0.247. The molecule has 0 saturated heterocycles. The first-order valence-electron chi connectivity index (χ1n) is 12.3. The van der Waals surface area contributed by atoms with Crippen molar-refractivity contribution >= 4 is 34.8 Å². The van der Waals surface area contributed by atoms with Gasteiger partial charge < -0.3 is 15.0 Å². The van der Waals surface area contributed by atoms with E-state index < -0.39 is 17.6 Å².